The van der Waals surface area contributed by atoms with Crippen LogP contribution < -0.4 is 4.72 Å². The quantitative estimate of drug-likeness (QED) is 0.647. The van der Waals surface area contributed by atoms with E-state index in [9.17, 15) is 22.9 Å². The number of nitrogens with zero attached hydrogens (tertiary/aromatic N) is 1. The number of non-ortho nitro benzene ring substituents is 1. The van der Waals surface area contributed by atoms with Crippen LogP contribution in [0.1, 0.15) is 11.1 Å². The molecule has 0 aliphatic rings. The Labute approximate surface area is 133 Å². The van der Waals surface area contributed by atoms with Gasteiger partial charge >= 0.3 is 0 Å². The van der Waals surface area contributed by atoms with Gasteiger partial charge in [0, 0.05) is 18.7 Å². The van der Waals surface area contributed by atoms with Gasteiger partial charge in [-0.3, -0.25) is 10.1 Å². The summed E-state index contributed by atoms with van der Waals surface area (Å²) in [7, 11) is -3.72. The number of benzene rings is 2. The highest BCUT2D eigenvalue weighted by Gasteiger charge is 2.14. The molecule has 0 bridgehead atoms. The molecule has 2 aromatic rings. The number of rotatable bonds is 6. The monoisotopic (exact) mass is 338 g/mol. The van der Waals surface area contributed by atoms with Crippen molar-refractivity contribution in [1.82, 2.24) is 4.72 Å². The van der Waals surface area contributed by atoms with Gasteiger partial charge in [-0.15, -0.1) is 0 Å². The minimum absolute atomic E-state index is 0.0000921. The summed E-state index contributed by atoms with van der Waals surface area (Å²) in [6, 6.07) is 9.48. The summed E-state index contributed by atoms with van der Waals surface area (Å²) in [4.78, 5) is 10.1. The zero-order valence-corrected chi connectivity index (χ0v) is 13.1. The predicted molar refractivity (Wildman–Crippen MR) is 83.1 cm³/mol. The summed E-state index contributed by atoms with van der Waals surface area (Å²) < 4.78 is 39.8. The molecule has 0 heterocycles. The van der Waals surface area contributed by atoms with Crippen molar-refractivity contribution in [2.75, 3.05) is 6.54 Å². The van der Waals surface area contributed by atoms with Gasteiger partial charge in [0.15, 0.2) is 0 Å². The Morgan fingerprint density at radius 3 is 2.39 bits per heavy atom. The molecule has 6 nitrogen and oxygen atoms in total. The van der Waals surface area contributed by atoms with Gasteiger partial charge in [0.1, 0.15) is 5.82 Å². The molecule has 23 heavy (non-hydrogen) atoms. The Bertz CT molecular complexity index is 820. The maximum Gasteiger partial charge on any atom is 0.269 e. The molecular formula is C15H15FN2O4S. The van der Waals surface area contributed by atoms with Crippen molar-refractivity contribution >= 4 is 15.7 Å². The number of aryl methyl sites for hydroxylation is 1. The van der Waals surface area contributed by atoms with Gasteiger partial charge in [0.2, 0.25) is 10.0 Å². The van der Waals surface area contributed by atoms with Crippen LogP contribution in [0.2, 0.25) is 0 Å². The van der Waals surface area contributed by atoms with Crippen molar-refractivity contribution in [3.8, 4) is 0 Å². The van der Waals surface area contributed by atoms with E-state index in [4.69, 9.17) is 0 Å². The highest BCUT2D eigenvalue weighted by atomic mass is 32.2. The molecule has 0 aliphatic heterocycles. The summed E-state index contributed by atoms with van der Waals surface area (Å²) in [5, 5.41) is 10.6. The topological polar surface area (TPSA) is 89.3 Å². The number of sulfonamides is 1. The molecule has 0 unspecified atom stereocenters. The molecule has 0 saturated heterocycles. The van der Waals surface area contributed by atoms with Gasteiger partial charge in [0.25, 0.3) is 5.69 Å². The normalized spacial score (nSPS) is 11.4. The van der Waals surface area contributed by atoms with Crippen LogP contribution in [0.5, 0.6) is 0 Å². The smallest absolute Gasteiger partial charge is 0.258 e. The third-order valence-corrected chi connectivity index (χ3v) is 4.75. The van der Waals surface area contributed by atoms with E-state index in [0.29, 0.717) is 6.42 Å². The number of hydrogen-bond acceptors (Lipinski definition) is 4. The SMILES string of the molecule is Cc1cc(S(=O)(=O)NCCc2ccc([N+](=O)[O-])cc2)ccc1F. The van der Waals surface area contributed by atoms with Gasteiger partial charge in [0.05, 0.1) is 9.82 Å². The Morgan fingerprint density at radius 1 is 1.17 bits per heavy atom. The van der Waals surface area contributed by atoms with E-state index in [1.165, 1.54) is 31.2 Å². The minimum Gasteiger partial charge on any atom is -0.258 e. The summed E-state index contributed by atoms with van der Waals surface area (Å²) in [5.74, 6) is -0.463. The van der Waals surface area contributed by atoms with Crippen molar-refractivity contribution in [3.63, 3.8) is 0 Å². The molecular weight excluding hydrogens is 323 g/mol. The third kappa shape index (κ3) is 4.33. The number of halogens is 1. The molecule has 0 atom stereocenters. The van der Waals surface area contributed by atoms with Crippen LogP contribution in [-0.4, -0.2) is 19.9 Å². The molecule has 2 aromatic carbocycles. The van der Waals surface area contributed by atoms with Crippen LogP contribution >= 0.6 is 0 Å². The molecule has 0 radical (unpaired) electrons. The van der Waals surface area contributed by atoms with Gasteiger partial charge in [-0.05, 0) is 42.7 Å². The first-order valence-corrected chi connectivity index (χ1v) is 8.27. The van der Waals surface area contributed by atoms with Crippen molar-refractivity contribution in [1.29, 1.82) is 0 Å². The first kappa shape index (κ1) is 17.0. The van der Waals surface area contributed by atoms with E-state index in [0.717, 1.165) is 11.6 Å². The first-order valence-electron chi connectivity index (χ1n) is 6.79. The maximum atomic E-state index is 13.2. The van der Waals surface area contributed by atoms with E-state index in [2.05, 4.69) is 4.72 Å². The standard InChI is InChI=1S/C15H15FN2O4S/c1-11-10-14(6-7-15(11)16)23(21,22)17-9-8-12-2-4-13(5-3-12)18(19)20/h2-7,10,17H,8-9H2,1H3. The van der Waals surface area contributed by atoms with Gasteiger partial charge in [-0.25, -0.2) is 17.5 Å². The lowest BCUT2D eigenvalue weighted by Crippen LogP contribution is -2.26. The lowest BCUT2D eigenvalue weighted by molar-refractivity contribution is -0.384. The van der Waals surface area contributed by atoms with E-state index >= 15 is 0 Å². The number of nitrogens with one attached hydrogen (secondary N) is 1. The second-order valence-corrected chi connectivity index (χ2v) is 6.75. The van der Waals surface area contributed by atoms with Gasteiger partial charge < -0.3 is 0 Å². The average molecular weight is 338 g/mol. The molecule has 8 heteroatoms. The second kappa shape index (κ2) is 6.84. The second-order valence-electron chi connectivity index (χ2n) is 4.98. The molecule has 2 rings (SSSR count). The maximum absolute atomic E-state index is 13.2. The zero-order valence-electron chi connectivity index (χ0n) is 12.3. The third-order valence-electron chi connectivity index (χ3n) is 3.29. The van der Waals surface area contributed by atoms with Crippen molar-refractivity contribution in [3.05, 3.63) is 69.5 Å². The van der Waals surface area contributed by atoms with Gasteiger partial charge in [-0.1, -0.05) is 12.1 Å². The number of hydrogen-bond donors (Lipinski definition) is 1. The highest BCUT2D eigenvalue weighted by molar-refractivity contribution is 7.89. The van der Waals surface area contributed by atoms with E-state index < -0.39 is 20.8 Å². The largest absolute Gasteiger partial charge is 0.269 e. The van der Waals surface area contributed by atoms with E-state index in [1.54, 1.807) is 12.1 Å². The lowest BCUT2D eigenvalue weighted by Gasteiger charge is -2.08. The Balaban J connectivity index is 1.99. The fraction of sp³-hybridized carbons (Fsp3) is 0.200. The molecule has 0 saturated carbocycles. The summed E-state index contributed by atoms with van der Waals surface area (Å²) in [6.07, 6.45) is 0.386. The molecule has 1 N–H and O–H groups in total. The average Bonchev–Trinajstić information content (AvgIpc) is 2.50. The zero-order chi connectivity index (χ0) is 17.0. The summed E-state index contributed by atoms with van der Waals surface area (Å²) in [5.41, 5.74) is 1.01. The van der Waals surface area contributed by atoms with Crippen LogP contribution in [0.3, 0.4) is 0 Å². The van der Waals surface area contributed by atoms with Crippen LogP contribution in [0.25, 0.3) is 0 Å². The first-order chi connectivity index (χ1) is 10.8. The van der Waals surface area contributed by atoms with Crippen LogP contribution in [0.4, 0.5) is 10.1 Å². The molecule has 0 spiro atoms. The number of nitro benzene ring substituents is 1. The Hall–Kier alpha value is -2.32. The van der Waals surface area contributed by atoms with Crippen molar-refractivity contribution in [2.24, 2.45) is 0 Å². The molecule has 0 aromatic heterocycles. The van der Waals surface area contributed by atoms with Crippen molar-refractivity contribution < 1.29 is 17.7 Å². The summed E-state index contributed by atoms with van der Waals surface area (Å²) >= 11 is 0. The predicted octanol–water partition coefficient (Wildman–Crippen LogP) is 2.56. The van der Waals surface area contributed by atoms with E-state index in [1.807, 2.05) is 0 Å². The summed E-state index contributed by atoms with van der Waals surface area (Å²) in [6.45, 7) is 1.63. The highest BCUT2D eigenvalue weighted by Crippen LogP contribution is 2.15. The van der Waals surface area contributed by atoms with E-state index in [-0.39, 0.29) is 22.7 Å². The van der Waals surface area contributed by atoms with Crippen LogP contribution in [0, 0.1) is 22.9 Å². The minimum atomic E-state index is -3.72. The fourth-order valence-electron chi connectivity index (χ4n) is 1.98. The molecule has 0 fully saturated rings. The van der Waals surface area contributed by atoms with Crippen molar-refractivity contribution in [2.45, 2.75) is 18.2 Å². The van der Waals surface area contributed by atoms with Crippen LogP contribution in [-0.2, 0) is 16.4 Å². The number of nitro groups is 1. The van der Waals surface area contributed by atoms with Gasteiger partial charge in [-0.2, -0.15) is 0 Å². The molecule has 0 amide bonds. The Morgan fingerprint density at radius 2 is 1.83 bits per heavy atom. The van der Waals surface area contributed by atoms with Crippen LogP contribution in [0.15, 0.2) is 47.4 Å². The fourth-order valence-corrected chi connectivity index (χ4v) is 3.10. The molecule has 122 valence electrons. The molecule has 0 aliphatic carbocycles. The Kier molecular flexibility index (Phi) is 5.07. The lowest BCUT2D eigenvalue weighted by atomic mass is 10.1.